The van der Waals surface area contributed by atoms with Crippen LogP contribution in [0.5, 0.6) is 0 Å². The van der Waals surface area contributed by atoms with Crippen LogP contribution in [0, 0.1) is 11.3 Å². The fourth-order valence-electron chi connectivity index (χ4n) is 2.17. The maximum absolute atomic E-state index is 11.2. The van der Waals surface area contributed by atoms with Crippen LogP contribution in [-0.4, -0.2) is 10.9 Å². The number of nitrogens with zero attached hydrogens (tertiary/aromatic N) is 2. The Balaban J connectivity index is 0.000000269. The molecule has 3 rings (SSSR count). The average molecular weight is 397 g/mol. The summed E-state index contributed by atoms with van der Waals surface area (Å²) in [6, 6.07) is 17.3. The number of hydrogen-bond donors (Lipinski definition) is 2. The highest BCUT2D eigenvalue weighted by atomic mass is 79.9. The van der Waals surface area contributed by atoms with Gasteiger partial charge in [0.25, 0.3) is 0 Å². The number of fused-ring (bicyclic) bond motifs is 1. The molecule has 0 aliphatic carbocycles. The van der Waals surface area contributed by atoms with Gasteiger partial charge >= 0.3 is 0 Å². The summed E-state index contributed by atoms with van der Waals surface area (Å²) in [5, 5.41) is 9.57. The number of nitrogens with two attached hydrogens (primary N) is 2. The molecule has 1 unspecified atom stereocenters. The number of anilines is 1. The summed E-state index contributed by atoms with van der Waals surface area (Å²) in [6.45, 7) is 1.72. The van der Waals surface area contributed by atoms with Gasteiger partial charge in [-0.2, -0.15) is 5.26 Å². The van der Waals surface area contributed by atoms with E-state index in [-0.39, 0.29) is 0 Å². The summed E-state index contributed by atoms with van der Waals surface area (Å²) in [4.78, 5) is 15.3. The van der Waals surface area contributed by atoms with Gasteiger partial charge in [0.2, 0.25) is 5.91 Å². The topological polar surface area (TPSA) is 106 Å². The zero-order chi connectivity index (χ0) is 18.4. The first-order chi connectivity index (χ1) is 11.9. The van der Waals surface area contributed by atoms with Crippen molar-refractivity contribution < 1.29 is 4.79 Å². The number of carbonyl (C=O) groups is 1. The summed E-state index contributed by atoms with van der Waals surface area (Å²) in [5.74, 6) is -0.808. The fraction of sp³-hybridized carbons (Fsp3) is 0.105. The van der Waals surface area contributed by atoms with Crippen molar-refractivity contribution in [3.8, 4) is 6.07 Å². The predicted octanol–water partition coefficient (Wildman–Crippen LogP) is 3.73. The molecular formula is C19H17BrN4O. The van der Waals surface area contributed by atoms with E-state index >= 15 is 0 Å². The molecule has 126 valence electrons. The van der Waals surface area contributed by atoms with Crippen LogP contribution >= 0.6 is 15.9 Å². The number of rotatable bonds is 2. The van der Waals surface area contributed by atoms with Gasteiger partial charge in [0.1, 0.15) is 6.07 Å². The Hall–Kier alpha value is -2.91. The quantitative estimate of drug-likeness (QED) is 0.687. The number of nitrogen functional groups attached to an aromatic ring is 1. The van der Waals surface area contributed by atoms with E-state index in [4.69, 9.17) is 16.7 Å². The maximum atomic E-state index is 11.2. The molecule has 1 aromatic heterocycles. The highest BCUT2D eigenvalue weighted by Crippen LogP contribution is 2.26. The van der Waals surface area contributed by atoms with Crippen molar-refractivity contribution in [3.63, 3.8) is 0 Å². The van der Waals surface area contributed by atoms with Crippen LogP contribution in [0.2, 0.25) is 0 Å². The van der Waals surface area contributed by atoms with Gasteiger partial charge in [-0.1, -0.05) is 40.2 Å². The van der Waals surface area contributed by atoms with Crippen molar-refractivity contribution in [3.05, 3.63) is 70.3 Å². The van der Waals surface area contributed by atoms with Gasteiger partial charge in [0, 0.05) is 16.1 Å². The first-order valence-electron chi connectivity index (χ1n) is 7.52. The molecule has 6 heteroatoms. The van der Waals surface area contributed by atoms with Crippen molar-refractivity contribution in [1.82, 2.24) is 4.98 Å². The Kier molecular flexibility index (Phi) is 6.09. The van der Waals surface area contributed by atoms with Crippen molar-refractivity contribution in [2.45, 2.75) is 12.8 Å². The van der Waals surface area contributed by atoms with E-state index in [1.54, 1.807) is 25.1 Å². The highest BCUT2D eigenvalue weighted by molar-refractivity contribution is 9.10. The Labute approximate surface area is 154 Å². The fourth-order valence-corrected chi connectivity index (χ4v) is 2.47. The van der Waals surface area contributed by atoms with Crippen LogP contribution in [0.1, 0.15) is 24.0 Å². The molecular weight excluding hydrogens is 380 g/mol. The molecule has 1 atom stereocenters. The lowest BCUT2D eigenvalue weighted by molar-refractivity contribution is -0.119. The monoisotopic (exact) mass is 396 g/mol. The standard InChI is InChI=1S/C13H12N4O.C6H5Br/c1-7(13(16)18)8-2-3-11-10(4-8)12(15)9(5-14)6-17-11;7-6-4-2-1-3-5-6/h2-4,6-7H,1H3,(H2,15,17)(H2,16,18);1-5H. The van der Waals surface area contributed by atoms with Gasteiger partial charge in [-0.3, -0.25) is 9.78 Å². The van der Waals surface area contributed by atoms with Crippen LogP contribution < -0.4 is 11.5 Å². The molecule has 0 saturated carbocycles. The van der Waals surface area contributed by atoms with E-state index in [1.165, 1.54) is 6.20 Å². The minimum Gasteiger partial charge on any atom is -0.397 e. The number of nitriles is 1. The second-order valence-electron chi connectivity index (χ2n) is 5.39. The van der Waals surface area contributed by atoms with Crippen molar-refractivity contribution in [2.75, 3.05) is 5.73 Å². The zero-order valence-corrected chi connectivity index (χ0v) is 15.2. The molecule has 0 fully saturated rings. The average Bonchev–Trinajstić information content (AvgIpc) is 2.62. The van der Waals surface area contributed by atoms with Crippen LogP contribution in [0.4, 0.5) is 5.69 Å². The van der Waals surface area contributed by atoms with Gasteiger partial charge in [-0.25, -0.2) is 0 Å². The van der Waals surface area contributed by atoms with Crippen LogP contribution in [0.15, 0.2) is 59.2 Å². The minimum absolute atomic E-state index is 0.325. The van der Waals surface area contributed by atoms with E-state index in [9.17, 15) is 4.79 Å². The third kappa shape index (κ3) is 4.55. The van der Waals surface area contributed by atoms with E-state index in [0.29, 0.717) is 22.2 Å². The third-order valence-corrected chi connectivity index (χ3v) is 4.24. The Morgan fingerprint density at radius 1 is 1.24 bits per heavy atom. The van der Waals surface area contributed by atoms with E-state index in [2.05, 4.69) is 20.9 Å². The third-order valence-electron chi connectivity index (χ3n) is 3.71. The zero-order valence-electron chi connectivity index (χ0n) is 13.6. The summed E-state index contributed by atoms with van der Waals surface area (Å²) >= 11 is 3.31. The molecule has 25 heavy (non-hydrogen) atoms. The lowest BCUT2D eigenvalue weighted by atomic mass is 9.98. The second kappa shape index (κ2) is 8.27. The molecule has 1 amide bonds. The van der Waals surface area contributed by atoms with Crippen LogP contribution in [0.3, 0.4) is 0 Å². The molecule has 0 bridgehead atoms. The van der Waals surface area contributed by atoms with Gasteiger partial charge < -0.3 is 11.5 Å². The molecule has 4 N–H and O–H groups in total. The number of amides is 1. The predicted molar refractivity (Wildman–Crippen MR) is 103 cm³/mol. The Morgan fingerprint density at radius 2 is 1.92 bits per heavy atom. The molecule has 0 spiro atoms. The lowest BCUT2D eigenvalue weighted by Crippen LogP contribution is -2.18. The normalized spacial score (nSPS) is 11.1. The SMILES string of the molecule is Brc1ccccc1.CC(C(N)=O)c1ccc2ncc(C#N)c(N)c2c1. The number of benzene rings is 2. The molecule has 0 aliphatic rings. The van der Waals surface area contributed by atoms with Crippen LogP contribution in [0.25, 0.3) is 10.9 Å². The van der Waals surface area contributed by atoms with Gasteiger partial charge in [-0.15, -0.1) is 0 Å². The van der Waals surface area contributed by atoms with Crippen LogP contribution in [-0.2, 0) is 4.79 Å². The summed E-state index contributed by atoms with van der Waals surface area (Å²) in [6.07, 6.45) is 1.44. The Bertz CT molecular complexity index is 935. The van der Waals surface area contributed by atoms with Crippen molar-refractivity contribution in [2.24, 2.45) is 5.73 Å². The first-order valence-corrected chi connectivity index (χ1v) is 8.31. The largest absolute Gasteiger partial charge is 0.397 e. The number of pyridine rings is 1. The number of primary amides is 1. The molecule has 0 aliphatic heterocycles. The highest BCUT2D eigenvalue weighted by Gasteiger charge is 2.13. The Morgan fingerprint density at radius 3 is 2.44 bits per heavy atom. The van der Waals surface area contributed by atoms with Crippen molar-refractivity contribution >= 4 is 38.4 Å². The summed E-state index contributed by atoms with van der Waals surface area (Å²) in [5.41, 5.74) is 13.3. The van der Waals surface area contributed by atoms with Gasteiger partial charge in [0.15, 0.2) is 0 Å². The smallest absolute Gasteiger partial charge is 0.224 e. The number of carbonyl (C=O) groups excluding carboxylic acids is 1. The number of halogens is 1. The second-order valence-corrected chi connectivity index (χ2v) is 6.31. The summed E-state index contributed by atoms with van der Waals surface area (Å²) < 4.78 is 1.13. The minimum atomic E-state index is -0.405. The van der Waals surface area contributed by atoms with Gasteiger partial charge in [-0.05, 0) is 36.8 Å². The molecule has 2 aromatic carbocycles. The number of aromatic nitrogens is 1. The molecule has 3 aromatic rings. The number of hydrogen-bond acceptors (Lipinski definition) is 4. The maximum Gasteiger partial charge on any atom is 0.224 e. The molecule has 1 heterocycles. The summed E-state index contributed by atoms with van der Waals surface area (Å²) in [7, 11) is 0. The van der Waals surface area contributed by atoms with E-state index < -0.39 is 11.8 Å². The lowest BCUT2D eigenvalue weighted by Gasteiger charge is -2.10. The van der Waals surface area contributed by atoms with E-state index in [1.807, 2.05) is 36.4 Å². The first kappa shape index (κ1) is 18.4. The molecule has 0 radical (unpaired) electrons. The van der Waals surface area contributed by atoms with E-state index in [0.717, 1.165) is 10.0 Å². The van der Waals surface area contributed by atoms with Crippen molar-refractivity contribution in [1.29, 1.82) is 5.26 Å². The molecule has 0 saturated heterocycles. The molecule has 5 nitrogen and oxygen atoms in total. The van der Waals surface area contributed by atoms with Gasteiger partial charge in [0.05, 0.1) is 22.7 Å².